The van der Waals surface area contributed by atoms with Crippen molar-refractivity contribution in [2.45, 2.75) is 57.1 Å². The maximum atomic E-state index is 14.2. The maximum Gasteiger partial charge on any atom is 0.264 e. The van der Waals surface area contributed by atoms with E-state index in [1.54, 1.807) is 43.3 Å². The summed E-state index contributed by atoms with van der Waals surface area (Å²) in [5.74, 6) is -0.328. The normalized spacial score (nSPS) is 12.6. The molecule has 0 saturated carbocycles. The molecule has 0 aromatic heterocycles. The highest BCUT2D eigenvalue weighted by Gasteiger charge is 2.34. The van der Waals surface area contributed by atoms with Crippen molar-refractivity contribution in [1.82, 2.24) is 10.2 Å². The van der Waals surface area contributed by atoms with E-state index in [4.69, 9.17) is 32.7 Å². The molecule has 2 atom stereocenters. The first kappa shape index (κ1) is 34.0. The molecule has 0 aliphatic carbocycles. The molecular weight excluding hydrogens is 613 g/mol. The molecular formula is C31H37Cl2N3O6S. The van der Waals surface area contributed by atoms with Crippen LogP contribution in [0, 0.1) is 0 Å². The Bertz CT molecular complexity index is 1500. The van der Waals surface area contributed by atoms with Gasteiger partial charge in [-0.05, 0) is 73.9 Å². The lowest BCUT2D eigenvalue weighted by Gasteiger charge is -2.33. The van der Waals surface area contributed by atoms with Gasteiger partial charge < -0.3 is 19.7 Å². The molecule has 0 spiro atoms. The van der Waals surface area contributed by atoms with Gasteiger partial charge in [0.25, 0.3) is 10.0 Å². The minimum atomic E-state index is -4.32. The van der Waals surface area contributed by atoms with E-state index in [0.717, 1.165) is 9.87 Å². The number of nitrogens with zero attached hydrogens (tertiary/aromatic N) is 2. The van der Waals surface area contributed by atoms with E-state index in [9.17, 15) is 18.0 Å². The number of carbonyl (C=O) groups excluding carboxylic acids is 2. The van der Waals surface area contributed by atoms with Crippen molar-refractivity contribution in [3.05, 3.63) is 82.3 Å². The van der Waals surface area contributed by atoms with Gasteiger partial charge in [-0.2, -0.15) is 0 Å². The highest BCUT2D eigenvalue weighted by Crippen LogP contribution is 2.33. The molecule has 12 heteroatoms. The standard InChI is InChI=1S/C31H37Cl2N3O6S/c1-6-21(3)34-31(38)27(7-2)35(19-22-8-10-23(32)11-9-22)30(37)20-36(25-14-12-24(33)13-15-25)43(39,40)26-16-17-28(41-4)29(18-26)42-5/h8-18,21,27H,6-7,19-20H2,1-5H3,(H,34,38)/t21-,27-/m0/s1. The monoisotopic (exact) mass is 649 g/mol. The van der Waals surface area contributed by atoms with E-state index in [1.165, 1.54) is 49.5 Å². The van der Waals surface area contributed by atoms with Gasteiger partial charge in [-0.25, -0.2) is 8.42 Å². The minimum Gasteiger partial charge on any atom is -0.493 e. The summed E-state index contributed by atoms with van der Waals surface area (Å²) in [6, 6.07) is 16.3. The molecule has 0 aliphatic rings. The second-order valence-corrected chi connectivity index (χ2v) is 12.6. The van der Waals surface area contributed by atoms with Gasteiger partial charge in [0.2, 0.25) is 11.8 Å². The Morgan fingerprint density at radius 1 is 0.860 bits per heavy atom. The van der Waals surface area contributed by atoms with Crippen molar-refractivity contribution in [3.63, 3.8) is 0 Å². The summed E-state index contributed by atoms with van der Waals surface area (Å²) in [4.78, 5) is 28.8. The highest BCUT2D eigenvalue weighted by molar-refractivity contribution is 7.92. The topological polar surface area (TPSA) is 105 Å². The van der Waals surface area contributed by atoms with Gasteiger partial charge in [0.1, 0.15) is 12.6 Å². The lowest BCUT2D eigenvalue weighted by Crippen LogP contribution is -2.53. The van der Waals surface area contributed by atoms with Gasteiger partial charge in [-0.3, -0.25) is 13.9 Å². The molecule has 0 fully saturated rings. The van der Waals surface area contributed by atoms with E-state index in [2.05, 4.69) is 5.32 Å². The van der Waals surface area contributed by atoms with Crippen LogP contribution in [0.3, 0.4) is 0 Å². The molecule has 3 aromatic carbocycles. The minimum absolute atomic E-state index is 0.0628. The van der Waals surface area contributed by atoms with Crippen molar-refractivity contribution in [3.8, 4) is 11.5 Å². The van der Waals surface area contributed by atoms with E-state index in [1.807, 2.05) is 13.8 Å². The predicted molar refractivity (Wildman–Crippen MR) is 170 cm³/mol. The molecule has 0 unspecified atom stereocenters. The zero-order valence-electron chi connectivity index (χ0n) is 24.8. The maximum absolute atomic E-state index is 14.2. The number of anilines is 1. The van der Waals surface area contributed by atoms with Gasteiger partial charge in [-0.15, -0.1) is 0 Å². The van der Waals surface area contributed by atoms with Crippen LogP contribution in [-0.2, 0) is 26.2 Å². The molecule has 9 nitrogen and oxygen atoms in total. The van der Waals surface area contributed by atoms with Crippen molar-refractivity contribution >= 4 is 50.7 Å². The summed E-state index contributed by atoms with van der Waals surface area (Å²) >= 11 is 12.2. The van der Waals surface area contributed by atoms with Crippen LogP contribution in [-0.4, -0.2) is 58.0 Å². The summed E-state index contributed by atoms with van der Waals surface area (Å²) in [6.07, 6.45) is 1.02. The first-order chi connectivity index (χ1) is 20.4. The van der Waals surface area contributed by atoms with Crippen LogP contribution in [0.15, 0.2) is 71.6 Å². The molecule has 0 radical (unpaired) electrons. The molecule has 3 rings (SSSR count). The van der Waals surface area contributed by atoms with E-state index in [0.29, 0.717) is 28.6 Å². The summed E-state index contributed by atoms with van der Waals surface area (Å²) in [6.45, 7) is 5.12. The van der Waals surface area contributed by atoms with Crippen molar-refractivity contribution in [1.29, 1.82) is 0 Å². The smallest absolute Gasteiger partial charge is 0.264 e. The molecule has 2 amide bonds. The number of rotatable bonds is 14. The van der Waals surface area contributed by atoms with Crippen LogP contribution in [0.4, 0.5) is 5.69 Å². The molecule has 0 aliphatic heterocycles. The fourth-order valence-electron chi connectivity index (χ4n) is 4.39. The van der Waals surface area contributed by atoms with Crippen LogP contribution in [0.5, 0.6) is 11.5 Å². The Balaban J connectivity index is 2.09. The average Bonchev–Trinajstić information content (AvgIpc) is 3.00. The number of halogens is 2. The Labute approximate surface area is 263 Å². The number of ether oxygens (including phenoxy) is 2. The second-order valence-electron chi connectivity index (χ2n) is 9.89. The number of hydrogen-bond donors (Lipinski definition) is 1. The number of carbonyl (C=O) groups is 2. The molecule has 0 saturated heterocycles. The first-order valence-corrected chi connectivity index (χ1v) is 16.0. The third-order valence-corrected chi connectivity index (χ3v) is 9.26. The molecule has 43 heavy (non-hydrogen) atoms. The quantitative estimate of drug-likeness (QED) is 0.232. The van der Waals surface area contributed by atoms with Crippen LogP contribution >= 0.6 is 23.2 Å². The van der Waals surface area contributed by atoms with Crippen molar-refractivity contribution in [2.75, 3.05) is 25.1 Å². The summed E-state index contributed by atoms with van der Waals surface area (Å²) in [5.41, 5.74) is 0.949. The van der Waals surface area contributed by atoms with Gasteiger partial charge >= 0.3 is 0 Å². The van der Waals surface area contributed by atoms with Crippen LogP contribution < -0.4 is 19.1 Å². The van der Waals surface area contributed by atoms with Crippen molar-refractivity contribution < 1.29 is 27.5 Å². The molecule has 0 bridgehead atoms. The lowest BCUT2D eigenvalue weighted by molar-refractivity contribution is -0.140. The second kappa shape index (κ2) is 15.3. The number of amides is 2. The van der Waals surface area contributed by atoms with E-state index >= 15 is 0 Å². The van der Waals surface area contributed by atoms with Crippen molar-refractivity contribution in [2.24, 2.45) is 0 Å². The van der Waals surface area contributed by atoms with Gasteiger partial charge in [0.05, 0.1) is 24.8 Å². The molecule has 1 N–H and O–H groups in total. The first-order valence-electron chi connectivity index (χ1n) is 13.8. The van der Waals surface area contributed by atoms with E-state index in [-0.39, 0.29) is 34.8 Å². The Morgan fingerprint density at radius 3 is 1.98 bits per heavy atom. The van der Waals surface area contributed by atoms with Crippen LogP contribution in [0.2, 0.25) is 10.0 Å². The van der Waals surface area contributed by atoms with E-state index < -0.39 is 28.5 Å². The van der Waals surface area contributed by atoms with Gasteiger partial charge in [-0.1, -0.05) is 49.2 Å². The molecule has 0 heterocycles. The number of methoxy groups -OCH3 is 2. The predicted octanol–water partition coefficient (Wildman–Crippen LogP) is 5.93. The number of nitrogens with one attached hydrogen (secondary N) is 1. The van der Waals surface area contributed by atoms with Gasteiger partial charge in [0, 0.05) is 28.7 Å². The third-order valence-electron chi connectivity index (χ3n) is 6.99. The summed E-state index contributed by atoms with van der Waals surface area (Å²) in [5, 5.41) is 3.88. The Hall–Kier alpha value is -3.47. The Morgan fingerprint density at radius 2 is 1.44 bits per heavy atom. The fourth-order valence-corrected chi connectivity index (χ4v) is 6.07. The number of hydrogen-bond acceptors (Lipinski definition) is 6. The van der Waals surface area contributed by atoms with Crippen LogP contribution in [0.1, 0.15) is 39.2 Å². The SMILES string of the molecule is CC[C@H](C)NC(=O)[C@H](CC)N(Cc1ccc(Cl)cc1)C(=O)CN(c1ccc(Cl)cc1)S(=O)(=O)c1ccc(OC)c(OC)c1. The lowest BCUT2D eigenvalue weighted by atomic mass is 10.1. The molecule has 3 aromatic rings. The number of sulfonamides is 1. The third kappa shape index (κ3) is 8.55. The van der Waals surface area contributed by atoms with Crippen LogP contribution in [0.25, 0.3) is 0 Å². The highest BCUT2D eigenvalue weighted by atomic mass is 35.5. The number of benzene rings is 3. The van der Waals surface area contributed by atoms with Gasteiger partial charge in [0.15, 0.2) is 11.5 Å². The summed E-state index contributed by atoms with van der Waals surface area (Å²) < 4.78 is 39.8. The molecule has 232 valence electrons. The average molecular weight is 651 g/mol. The fraction of sp³-hybridized carbons (Fsp3) is 0.355. The summed E-state index contributed by atoms with van der Waals surface area (Å²) in [7, 11) is -1.47. The zero-order valence-corrected chi connectivity index (χ0v) is 27.2. The Kier molecular flexibility index (Phi) is 12.1. The zero-order chi connectivity index (χ0) is 31.7. The largest absolute Gasteiger partial charge is 0.493 e.